The minimum absolute atomic E-state index is 0.484. The lowest BCUT2D eigenvalue weighted by molar-refractivity contribution is 0.0351. The summed E-state index contributed by atoms with van der Waals surface area (Å²) >= 11 is 0. The van der Waals surface area contributed by atoms with E-state index in [1.807, 2.05) is 7.11 Å². The maximum Gasteiger partial charge on any atom is 0.0726 e. The molecule has 16 heavy (non-hydrogen) atoms. The van der Waals surface area contributed by atoms with Crippen molar-refractivity contribution in [2.24, 2.45) is 0 Å². The number of nitrogens with one attached hydrogen (secondary N) is 1. The van der Waals surface area contributed by atoms with Gasteiger partial charge in [0.05, 0.1) is 6.10 Å². The third-order valence-electron chi connectivity index (χ3n) is 4.28. The first-order valence-electron chi connectivity index (χ1n) is 6.85. The number of hydrogen-bond acceptors (Lipinski definition) is 3. The van der Waals surface area contributed by atoms with E-state index >= 15 is 0 Å². The average Bonchev–Trinajstić information content (AvgIpc) is 2.66. The van der Waals surface area contributed by atoms with Crippen LogP contribution >= 0.6 is 0 Å². The van der Waals surface area contributed by atoms with Crippen molar-refractivity contribution < 1.29 is 4.74 Å². The van der Waals surface area contributed by atoms with E-state index in [1.165, 1.54) is 45.2 Å². The Morgan fingerprint density at radius 3 is 2.88 bits per heavy atom. The molecule has 1 saturated carbocycles. The standard InChI is InChI=1S/C13H26N2O/c1-3-11-7-9-15(10-8-14-11)12-5-4-6-13(12)16-2/h11-14H,3-10H2,1-2H3. The van der Waals surface area contributed by atoms with Crippen LogP contribution in [0.5, 0.6) is 0 Å². The Morgan fingerprint density at radius 1 is 1.25 bits per heavy atom. The summed E-state index contributed by atoms with van der Waals surface area (Å²) in [5.74, 6) is 0. The Balaban J connectivity index is 1.89. The molecule has 0 aromatic carbocycles. The second-order valence-electron chi connectivity index (χ2n) is 5.16. The highest BCUT2D eigenvalue weighted by Gasteiger charge is 2.32. The van der Waals surface area contributed by atoms with Gasteiger partial charge in [-0.05, 0) is 32.1 Å². The van der Waals surface area contributed by atoms with Crippen LogP contribution < -0.4 is 5.32 Å². The fraction of sp³-hybridized carbons (Fsp3) is 1.00. The summed E-state index contributed by atoms with van der Waals surface area (Å²) < 4.78 is 5.61. The number of ether oxygens (including phenoxy) is 1. The second-order valence-corrected chi connectivity index (χ2v) is 5.16. The van der Waals surface area contributed by atoms with Gasteiger partial charge in [0.2, 0.25) is 0 Å². The molecule has 0 aromatic rings. The first-order chi connectivity index (χ1) is 7.85. The topological polar surface area (TPSA) is 24.5 Å². The zero-order valence-corrected chi connectivity index (χ0v) is 10.7. The van der Waals surface area contributed by atoms with E-state index in [9.17, 15) is 0 Å². The van der Waals surface area contributed by atoms with E-state index in [2.05, 4.69) is 17.1 Å². The first kappa shape index (κ1) is 12.3. The van der Waals surface area contributed by atoms with Crippen molar-refractivity contribution in [2.75, 3.05) is 26.7 Å². The SMILES string of the molecule is CCC1CCN(C2CCCC2OC)CCN1. The van der Waals surface area contributed by atoms with Gasteiger partial charge in [-0.2, -0.15) is 0 Å². The van der Waals surface area contributed by atoms with Crippen molar-refractivity contribution >= 4 is 0 Å². The van der Waals surface area contributed by atoms with Crippen LogP contribution in [0.4, 0.5) is 0 Å². The monoisotopic (exact) mass is 226 g/mol. The van der Waals surface area contributed by atoms with Crippen molar-refractivity contribution in [1.29, 1.82) is 0 Å². The van der Waals surface area contributed by atoms with Crippen molar-refractivity contribution in [3.63, 3.8) is 0 Å². The molecular formula is C13H26N2O. The van der Waals surface area contributed by atoms with Crippen LogP contribution in [-0.2, 0) is 4.74 Å². The van der Waals surface area contributed by atoms with Crippen LogP contribution in [-0.4, -0.2) is 49.8 Å². The number of methoxy groups -OCH3 is 1. The Bertz CT molecular complexity index is 210. The van der Waals surface area contributed by atoms with Gasteiger partial charge in [-0.1, -0.05) is 6.92 Å². The van der Waals surface area contributed by atoms with Gasteiger partial charge in [0.25, 0.3) is 0 Å². The predicted octanol–water partition coefficient (Wildman–Crippen LogP) is 1.63. The molecule has 2 aliphatic rings. The van der Waals surface area contributed by atoms with E-state index in [-0.39, 0.29) is 0 Å². The van der Waals surface area contributed by atoms with E-state index in [4.69, 9.17) is 4.74 Å². The van der Waals surface area contributed by atoms with E-state index in [0.29, 0.717) is 12.1 Å². The van der Waals surface area contributed by atoms with Crippen molar-refractivity contribution in [3.05, 3.63) is 0 Å². The molecule has 3 atom stereocenters. The summed E-state index contributed by atoms with van der Waals surface area (Å²) in [6.45, 7) is 5.86. The molecule has 2 rings (SSSR count). The van der Waals surface area contributed by atoms with Gasteiger partial charge in [0.15, 0.2) is 0 Å². The molecule has 94 valence electrons. The molecule has 0 bridgehead atoms. The zero-order valence-electron chi connectivity index (χ0n) is 10.7. The Morgan fingerprint density at radius 2 is 2.12 bits per heavy atom. The highest BCUT2D eigenvalue weighted by atomic mass is 16.5. The van der Waals surface area contributed by atoms with E-state index in [0.717, 1.165) is 12.6 Å². The molecule has 0 aromatic heterocycles. The van der Waals surface area contributed by atoms with Crippen LogP contribution in [0.3, 0.4) is 0 Å². The van der Waals surface area contributed by atoms with Gasteiger partial charge in [-0.15, -0.1) is 0 Å². The summed E-state index contributed by atoms with van der Waals surface area (Å²) in [6.07, 6.45) is 6.95. The van der Waals surface area contributed by atoms with Gasteiger partial charge in [0, 0.05) is 38.8 Å². The Kier molecular flexibility index (Phi) is 4.62. The fourth-order valence-electron chi connectivity index (χ4n) is 3.23. The smallest absolute Gasteiger partial charge is 0.0726 e. The second kappa shape index (κ2) is 5.99. The third kappa shape index (κ3) is 2.76. The molecule has 0 radical (unpaired) electrons. The quantitative estimate of drug-likeness (QED) is 0.791. The average molecular weight is 226 g/mol. The molecule has 3 nitrogen and oxygen atoms in total. The zero-order chi connectivity index (χ0) is 11.4. The molecule has 1 aliphatic carbocycles. The molecule has 1 N–H and O–H groups in total. The maximum atomic E-state index is 5.61. The Labute approximate surface area is 99.5 Å². The summed E-state index contributed by atoms with van der Waals surface area (Å²) in [5.41, 5.74) is 0. The normalized spacial score (nSPS) is 37.5. The highest BCUT2D eigenvalue weighted by molar-refractivity contribution is 4.88. The lowest BCUT2D eigenvalue weighted by atomic mass is 10.1. The molecule has 1 aliphatic heterocycles. The molecule has 3 heteroatoms. The summed E-state index contributed by atoms with van der Waals surface area (Å²) in [6, 6.07) is 1.41. The number of hydrogen-bond donors (Lipinski definition) is 1. The fourth-order valence-corrected chi connectivity index (χ4v) is 3.23. The maximum absolute atomic E-state index is 5.61. The lowest BCUT2D eigenvalue weighted by Gasteiger charge is -2.31. The minimum Gasteiger partial charge on any atom is -0.380 e. The molecule has 1 heterocycles. The Hall–Kier alpha value is -0.120. The molecule has 0 amide bonds. The van der Waals surface area contributed by atoms with Gasteiger partial charge >= 0.3 is 0 Å². The van der Waals surface area contributed by atoms with Crippen LogP contribution in [0.1, 0.15) is 39.0 Å². The van der Waals surface area contributed by atoms with Crippen LogP contribution in [0.15, 0.2) is 0 Å². The molecular weight excluding hydrogens is 200 g/mol. The summed E-state index contributed by atoms with van der Waals surface area (Å²) in [7, 11) is 1.87. The van der Waals surface area contributed by atoms with Crippen LogP contribution in [0.25, 0.3) is 0 Å². The summed E-state index contributed by atoms with van der Waals surface area (Å²) in [4.78, 5) is 2.66. The predicted molar refractivity (Wildman–Crippen MR) is 66.7 cm³/mol. The minimum atomic E-state index is 0.484. The van der Waals surface area contributed by atoms with E-state index < -0.39 is 0 Å². The summed E-state index contributed by atoms with van der Waals surface area (Å²) in [5, 5.41) is 3.64. The molecule has 2 fully saturated rings. The third-order valence-corrected chi connectivity index (χ3v) is 4.28. The lowest BCUT2D eigenvalue weighted by Crippen LogP contribution is -2.42. The highest BCUT2D eigenvalue weighted by Crippen LogP contribution is 2.27. The van der Waals surface area contributed by atoms with Gasteiger partial charge < -0.3 is 10.1 Å². The van der Waals surface area contributed by atoms with Crippen molar-refractivity contribution in [1.82, 2.24) is 10.2 Å². The van der Waals surface area contributed by atoms with Gasteiger partial charge in [0.1, 0.15) is 0 Å². The molecule has 1 saturated heterocycles. The number of rotatable bonds is 3. The van der Waals surface area contributed by atoms with Crippen LogP contribution in [0.2, 0.25) is 0 Å². The first-order valence-corrected chi connectivity index (χ1v) is 6.85. The van der Waals surface area contributed by atoms with E-state index in [1.54, 1.807) is 0 Å². The van der Waals surface area contributed by atoms with Gasteiger partial charge in [-0.3, -0.25) is 4.90 Å². The van der Waals surface area contributed by atoms with Crippen molar-refractivity contribution in [3.8, 4) is 0 Å². The van der Waals surface area contributed by atoms with Gasteiger partial charge in [-0.25, -0.2) is 0 Å². The molecule has 0 spiro atoms. The van der Waals surface area contributed by atoms with Crippen LogP contribution in [0, 0.1) is 0 Å². The largest absolute Gasteiger partial charge is 0.380 e. The van der Waals surface area contributed by atoms with Crippen molar-refractivity contribution in [2.45, 2.75) is 57.2 Å². The number of nitrogens with zero attached hydrogens (tertiary/aromatic N) is 1. The molecule has 3 unspecified atom stereocenters.